The number of carbonyl (C=O) groups is 1. The lowest BCUT2D eigenvalue weighted by Gasteiger charge is -2.03. The fourth-order valence-electron chi connectivity index (χ4n) is 2.76. The number of ether oxygens (including phenoxy) is 1. The van der Waals surface area contributed by atoms with E-state index in [1.807, 2.05) is 6.92 Å². The van der Waals surface area contributed by atoms with Gasteiger partial charge in [0.1, 0.15) is 0 Å². The topological polar surface area (TPSA) is 26.3 Å². The van der Waals surface area contributed by atoms with Gasteiger partial charge in [-0.15, -0.1) is 0 Å². The zero-order chi connectivity index (χ0) is 16.3. The molecule has 0 amide bonds. The van der Waals surface area contributed by atoms with Crippen LogP contribution in [0.25, 0.3) is 0 Å². The molecule has 0 aromatic heterocycles. The SMILES string of the molecule is CCCCCCCCCCCCCCCC[CH]C(=O)OCC. The number of hydrogen-bond acceptors (Lipinski definition) is 2. The molecule has 0 bridgehead atoms. The summed E-state index contributed by atoms with van der Waals surface area (Å²) in [5.74, 6) is -0.155. The largest absolute Gasteiger partial charge is 0.466 e. The lowest BCUT2D eigenvalue weighted by Crippen LogP contribution is -2.03. The maximum absolute atomic E-state index is 11.1. The van der Waals surface area contributed by atoms with Crippen LogP contribution in [0, 0.1) is 6.42 Å². The third-order valence-electron chi connectivity index (χ3n) is 4.16. The van der Waals surface area contributed by atoms with Crippen LogP contribution >= 0.6 is 0 Å². The zero-order valence-corrected chi connectivity index (χ0v) is 15.2. The highest BCUT2D eigenvalue weighted by atomic mass is 16.5. The minimum absolute atomic E-state index is 0.155. The molecular formula is C20H39O2. The van der Waals surface area contributed by atoms with Crippen molar-refractivity contribution < 1.29 is 9.53 Å². The minimum atomic E-state index is -0.155. The van der Waals surface area contributed by atoms with Gasteiger partial charge in [-0.2, -0.15) is 0 Å². The zero-order valence-electron chi connectivity index (χ0n) is 15.2. The number of carbonyl (C=O) groups excluding carboxylic acids is 1. The summed E-state index contributed by atoms with van der Waals surface area (Å²) in [4.78, 5) is 11.1. The van der Waals surface area contributed by atoms with Crippen molar-refractivity contribution in [1.29, 1.82) is 0 Å². The highest BCUT2D eigenvalue weighted by Gasteiger charge is 2.01. The molecular weight excluding hydrogens is 272 g/mol. The minimum Gasteiger partial charge on any atom is -0.466 e. The first-order valence-electron chi connectivity index (χ1n) is 9.81. The maximum atomic E-state index is 11.1. The van der Waals surface area contributed by atoms with Crippen LogP contribution in [-0.4, -0.2) is 12.6 Å². The Hall–Kier alpha value is -0.530. The summed E-state index contributed by atoms with van der Waals surface area (Å²) in [6.07, 6.45) is 21.8. The Balaban J connectivity index is 3.01. The van der Waals surface area contributed by atoms with Crippen LogP contribution in [0.5, 0.6) is 0 Å². The molecule has 0 spiro atoms. The quantitative estimate of drug-likeness (QED) is 0.223. The van der Waals surface area contributed by atoms with Crippen molar-refractivity contribution in [2.75, 3.05) is 6.61 Å². The van der Waals surface area contributed by atoms with Gasteiger partial charge in [0, 0.05) is 0 Å². The molecule has 0 rings (SSSR count). The fraction of sp³-hybridized carbons (Fsp3) is 0.900. The van der Waals surface area contributed by atoms with Gasteiger partial charge in [-0.05, 0) is 13.3 Å². The van der Waals surface area contributed by atoms with Crippen molar-refractivity contribution in [2.24, 2.45) is 0 Å². The van der Waals surface area contributed by atoms with Gasteiger partial charge in [0.15, 0.2) is 0 Å². The molecule has 0 aliphatic rings. The van der Waals surface area contributed by atoms with Crippen molar-refractivity contribution in [1.82, 2.24) is 0 Å². The molecule has 0 aliphatic heterocycles. The Morgan fingerprint density at radius 1 is 0.682 bits per heavy atom. The average molecular weight is 312 g/mol. The molecule has 0 aromatic rings. The Bertz CT molecular complexity index is 226. The summed E-state index contributed by atoms with van der Waals surface area (Å²) in [5, 5.41) is 0. The molecule has 0 heterocycles. The van der Waals surface area contributed by atoms with Crippen molar-refractivity contribution in [3.63, 3.8) is 0 Å². The molecule has 0 aliphatic carbocycles. The molecule has 0 fully saturated rings. The first kappa shape index (κ1) is 21.5. The Morgan fingerprint density at radius 2 is 1.09 bits per heavy atom. The third-order valence-corrected chi connectivity index (χ3v) is 4.16. The molecule has 0 N–H and O–H groups in total. The monoisotopic (exact) mass is 311 g/mol. The summed E-state index contributed by atoms with van der Waals surface area (Å²) in [7, 11) is 0. The first-order valence-corrected chi connectivity index (χ1v) is 9.81. The van der Waals surface area contributed by atoms with Gasteiger partial charge in [-0.1, -0.05) is 96.8 Å². The highest BCUT2D eigenvalue weighted by Crippen LogP contribution is 2.13. The van der Waals surface area contributed by atoms with Crippen molar-refractivity contribution >= 4 is 5.97 Å². The molecule has 2 heteroatoms. The van der Waals surface area contributed by atoms with Crippen LogP contribution in [0.1, 0.15) is 110 Å². The fourth-order valence-corrected chi connectivity index (χ4v) is 2.76. The van der Waals surface area contributed by atoms with E-state index in [0.29, 0.717) is 6.61 Å². The lowest BCUT2D eigenvalue weighted by atomic mass is 10.0. The molecule has 131 valence electrons. The normalized spacial score (nSPS) is 10.8. The van der Waals surface area contributed by atoms with Crippen molar-refractivity contribution in [2.45, 2.75) is 110 Å². The van der Waals surface area contributed by atoms with E-state index in [0.717, 1.165) is 12.8 Å². The molecule has 0 saturated heterocycles. The van der Waals surface area contributed by atoms with Crippen LogP contribution in [0.4, 0.5) is 0 Å². The smallest absolute Gasteiger partial charge is 0.309 e. The molecule has 1 radical (unpaired) electrons. The Labute approximate surface area is 139 Å². The molecule has 0 saturated carbocycles. The lowest BCUT2D eigenvalue weighted by molar-refractivity contribution is -0.139. The van der Waals surface area contributed by atoms with Crippen molar-refractivity contribution in [3.8, 4) is 0 Å². The summed E-state index contributed by atoms with van der Waals surface area (Å²) >= 11 is 0. The number of hydrogen-bond donors (Lipinski definition) is 0. The molecule has 0 unspecified atom stereocenters. The van der Waals surface area contributed by atoms with E-state index in [9.17, 15) is 4.79 Å². The Kier molecular flexibility index (Phi) is 18.1. The van der Waals surface area contributed by atoms with Gasteiger partial charge in [0.25, 0.3) is 0 Å². The first-order chi connectivity index (χ1) is 10.8. The summed E-state index contributed by atoms with van der Waals surface area (Å²) in [5.41, 5.74) is 0. The molecule has 22 heavy (non-hydrogen) atoms. The van der Waals surface area contributed by atoms with E-state index in [-0.39, 0.29) is 5.97 Å². The summed E-state index contributed by atoms with van der Waals surface area (Å²) in [6, 6.07) is 0. The number of esters is 1. The van der Waals surface area contributed by atoms with E-state index in [1.54, 1.807) is 6.42 Å². The molecule has 0 atom stereocenters. The predicted molar refractivity (Wildman–Crippen MR) is 95.9 cm³/mol. The number of rotatable bonds is 17. The third kappa shape index (κ3) is 17.5. The van der Waals surface area contributed by atoms with Gasteiger partial charge in [-0.25, -0.2) is 0 Å². The second-order valence-corrected chi connectivity index (χ2v) is 6.34. The van der Waals surface area contributed by atoms with E-state index < -0.39 is 0 Å². The Morgan fingerprint density at radius 3 is 1.50 bits per heavy atom. The van der Waals surface area contributed by atoms with E-state index in [1.165, 1.54) is 83.5 Å². The number of unbranched alkanes of at least 4 members (excludes halogenated alkanes) is 14. The van der Waals surface area contributed by atoms with Gasteiger partial charge in [0.2, 0.25) is 0 Å². The van der Waals surface area contributed by atoms with Crippen LogP contribution in [0.2, 0.25) is 0 Å². The maximum Gasteiger partial charge on any atom is 0.309 e. The highest BCUT2D eigenvalue weighted by molar-refractivity contribution is 5.78. The molecule has 2 nitrogen and oxygen atoms in total. The van der Waals surface area contributed by atoms with Gasteiger partial charge in [-0.3, -0.25) is 4.79 Å². The van der Waals surface area contributed by atoms with Crippen LogP contribution in [-0.2, 0) is 9.53 Å². The van der Waals surface area contributed by atoms with E-state index in [4.69, 9.17) is 4.74 Å². The van der Waals surface area contributed by atoms with Crippen LogP contribution in [0.15, 0.2) is 0 Å². The van der Waals surface area contributed by atoms with Gasteiger partial charge >= 0.3 is 5.97 Å². The van der Waals surface area contributed by atoms with E-state index in [2.05, 4.69) is 6.92 Å². The van der Waals surface area contributed by atoms with Crippen molar-refractivity contribution in [3.05, 3.63) is 6.42 Å². The predicted octanol–water partition coefficient (Wildman–Crippen LogP) is 6.63. The average Bonchev–Trinajstić information content (AvgIpc) is 2.51. The summed E-state index contributed by atoms with van der Waals surface area (Å²) in [6.45, 7) is 4.60. The second-order valence-electron chi connectivity index (χ2n) is 6.34. The van der Waals surface area contributed by atoms with Gasteiger partial charge < -0.3 is 4.74 Å². The van der Waals surface area contributed by atoms with Crippen LogP contribution < -0.4 is 0 Å². The van der Waals surface area contributed by atoms with E-state index >= 15 is 0 Å². The second kappa shape index (κ2) is 18.5. The van der Waals surface area contributed by atoms with Crippen LogP contribution in [0.3, 0.4) is 0 Å². The molecule has 0 aromatic carbocycles. The van der Waals surface area contributed by atoms with Gasteiger partial charge in [0.05, 0.1) is 13.0 Å². The standard InChI is InChI=1S/C20H39O2/c1-3-5-6-7-8-9-10-11-12-13-14-15-16-17-18-19-20(21)22-4-2/h19H,3-18H2,1-2H3. The summed E-state index contributed by atoms with van der Waals surface area (Å²) < 4.78 is 4.87.